The molecule has 40 valence electrons. The summed E-state index contributed by atoms with van der Waals surface area (Å²) in [6.45, 7) is 3.82. The molecule has 0 amide bonds. The average Bonchev–Trinajstić information content (AvgIpc) is 2.36. The van der Waals surface area contributed by atoms with E-state index in [0.29, 0.717) is 5.92 Å². The van der Waals surface area contributed by atoms with Gasteiger partial charge in [-0.15, -0.1) is 0 Å². The lowest BCUT2D eigenvalue weighted by atomic mass is 9.82. The first-order valence-corrected chi connectivity index (χ1v) is 2.87. The van der Waals surface area contributed by atoms with E-state index < -0.39 is 0 Å². The van der Waals surface area contributed by atoms with E-state index in [4.69, 9.17) is 5.26 Å². The zero-order chi connectivity index (χ0) is 5.78. The minimum absolute atomic E-state index is 0.108. The van der Waals surface area contributed by atoms with Crippen molar-refractivity contribution in [2.45, 2.75) is 12.8 Å². The summed E-state index contributed by atoms with van der Waals surface area (Å²) in [6, 6.07) is 2.32. The Balaban J connectivity index is 2.26. The van der Waals surface area contributed by atoms with Gasteiger partial charge < -0.3 is 0 Å². The Morgan fingerprint density at radius 2 is 2.62 bits per heavy atom. The normalized spacial score (nSPS) is 48.9. The van der Waals surface area contributed by atoms with Crippen LogP contribution in [0.5, 0.6) is 0 Å². The van der Waals surface area contributed by atoms with Crippen LogP contribution in [-0.4, -0.2) is 0 Å². The van der Waals surface area contributed by atoms with Gasteiger partial charge in [0.1, 0.15) is 0 Å². The van der Waals surface area contributed by atoms with Crippen LogP contribution in [0.2, 0.25) is 0 Å². The number of fused-ring (bicyclic) bond motifs is 1. The maximum absolute atomic E-state index is 8.51. The zero-order valence-electron chi connectivity index (χ0n) is 4.65. The second-order valence-electron chi connectivity index (χ2n) is 2.86. The minimum Gasteiger partial charge on any atom is -0.198 e. The van der Waals surface area contributed by atoms with Crippen molar-refractivity contribution in [1.82, 2.24) is 0 Å². The van der Waals surface area contributed by atoms with Crippen LogP contribution in [0.3, 0.4) is 0 Å². The van der Waals surface area contributed by atoms with Crippen molar-refractivity contribution in [2.24, 2.45) is 11.3 Å². The smallest absolute Gasteiger partial charge is 0.0699 e. The third kappa shape index (κ3) is 0.229. The molecule has 0 aromatic rings. The molecular formula is C7H7N. The van der Waals surface area contributed by atoms with Crippen LogP contribution in [0.4, 0.5) is 0 Å². The van der Waals surface area contributed by atoms with Crippen LogP contribution in [0.15, 0.2) is 12.2 Å². The first-order chi connectivity index (χ1) is 3.78. The monoisotopic (exact) mass is 105 g/mol. The highest BCUT2D eigenvalue weighted by molar-refractivity contribution is 5.39. The number of allylic oxidation sites excluding steroid dienone is 1. The Bertz CT molecular complexity index is 199. The summed E-state index contributed by atoms with van der Waals surface area (Å²) in [6.07, 6.45) is 2.08. The summed E-state index contributed by atoms with van der Waals surface area (Å²) >= 11 is 0. The van der Waals surface area contributed by atoms with Crippen molar-refractivity contribution in [3.8, 4) is 6.07 Å². The van der Waals surface area contributed by atoms with E-state index >= 15 is 0 Å². The molecule has 2 fully saturated rings. The molecule has 2 atom stereocenters. The van der Waals surface area contributed by atoms with Gasteiger partial charge in [-0.25, -0.2) is 0 Å². The van der Waals surface area contributed by atoms with Gasteiger partial charge in [0, 0.05) is 5.92 Å². The van der Waals surface area contributed by atoms with E-state index in [1.54, 1.807) is 0 Å². The zero-order valence-corrected chi connectivity index (χ0v) is 4.65. The molecule has 0 aromatic heterocycles. The molecule has 2 rings (SSSR count). The molecule has 8 heavy (non-hydrogen) atoms. The van der Waals surface area contributed by atoms with Gasteiger partial charge in [-0.2, -0.15) is 5.26 Å². The molecule has 0 bridgehead atoms. The highest BCUT2D eigenvalue weighted by atomic mass is 14.7. The number of nitrogens with zero attached hydrogens (tertiary/aromatic N) is 1. The average molecular weight is 105 g/mol. The van der Waals surface area contributed by atoms with Gasteiger partial charge in [-0.05, 0) is 12.8 Å². The first-order valence-electron chi connectivity index (χ1n) is 2.87. The van der Waals surface area contributed by atoms with Gasteiger partial charge in [-0.1, -0.05) is 12.2 Å². The van der Waals surface area contributed by atoms with Crippen LogP contribution in [0.1, 0.15) is 12.8 Å². The van der Waals surface area contributed by atoms with Gasteiger partial charge in [0.05, 0.1) is 11.5 Å². The molecule has 2 saturated carbocycles. The summed E-state index contributed by atoms with van der Waals surface area (Å²) in [5, 5.41) is 8.51. The van der Waals surface area contributed by atoms with Crippen molar-refractivity contribution in [3.63, 3.8) is 0 Å². The van der Waals surface area contributed by atoms with E-state index in [2.05, 4.69) is 12.6 Å². The Morgan fingerprint density at radius 3 is 2.75 bits per heavy atom. The lowest BCUT2D eigenvalue weighted by molar-refractivity contribution is 0.502. The molecule has 1 nitrogen and oxygen atoms in total. The first kappa shape index (κ1) is 4.14. The van der Waals surface area contributed by atoms with Crippen LogP contribution < -0.4 is 0 Å². The maximum atomic E-state index is 8.51. The molecule has 0 N–H and O–H groups in total. The quantitative estimate of drug-likeness (QED) is 0.428. The molecular weight excluding hydrogens is 98.1 g/mol. The van der Waals surface area contributed by atoms with Crippen LogP contribution in [0.25, 0.3) is 0 Å². The van der Waals surface area contributed by atoms with Gasteiger partial charge in [-0.3, -0.25) is 0 Å². The number of hydrogen-bond acceptors (Lipinski definition) is 1. The van der Waals surface area contributed by atoms with Crippen molar-refractivity contribution >= 4 is 0 Å². The molecule has 2 unspecified atom stereocenters. The Hall–Kier alpha value is -0.770. The van der Waals surface area contributed by atoms with Gasteiger partial charge in [0.25, 0.3) is 0 Å². The molecule has 2 aliphatic rings. The lowest BCUT2D eigenvalue weighted by Crippen LogP contribution is -2.13. The van der Waals surface area contributed by atoms with Crippen molar-refractivity contribution in [3.05, 3.63) is 12.2 Å². The minimum atomic E-state index is 0.108. The van der Waals surface area contributed by atoms with Crippen molar-refractivity contribution in [1.29, 1.82) is 5.26 Å². The van der Waals surface area contributed by atoms with Crippen molar-refractivity contribution < 1.29 is 0 Å². The molecule has 0 aliphatic heterocycles. The largest absolute Gasteiger partial charge is 0.198 e. The van der Waals surface area contributed by atoms with Gasteiger partial charge in [0.15, 0.2) is 0 Å². The van der Waals surface area contributed by atoms with Gasteiger partial charge in [0.2, 0.25) is 0 Å². The summed E-state index contributed by atoms with van der Waals surface area (Å²) < 4.78 is 0. The second-order valence-corrected chi connectivity index (χ2v) is 2.86. The van der Waals surface area contributed by atoms with Crippen LogP contribution in [0, 0.1) is 22.7 Å². The van der Waals surface area contributed by atoms with E-state index in [1.807, 2.05) is 0 Å². The summed E-state index contributed by atoms with van der Waals surface area (Å²) in [4.78, 5) is 0. The highest BCUT2D eigenvalue weighted by Crippen LogP contribution is 2.69. The third-order valence-electron chi connectivity index (χ3n) is 2.33. The summed E-state index contributed by atoms with van der Waals surface area (Å²) in [5.41, 5.74) is 1.41. The molecule has 0 heterocycles. The fourth-order valence-electron chi connectivity index (χ4n) is 1.60. The Morgan fingerprint density at radius 1 is 1.88 bits per heavy atom. The molecule has 2 aliphatic carbocycles. The van der Waals surface area contributed by atoms with E-state index in [-0.39, 0.29) is 5.41 Å². The summed E-state index contributed by atoms with van der Waals surface area (Å²) in [7, 11) is 0. The number of nitriles is 1. The predicted molar refractivity (Wildman–Crippen MR) is 29.9 cm³/mol. The Labute approximate surface area is 48.6 Å². The molecule has 0 aromatic carbocycles. The van der Waals surface area contributed by atoms with Crippen LogP contribution in [-0.2, 0) is 0 Å². The maximum Gasteiger partial charge on any atom is 0.0699 e. The third-order valence-corrected chi connectivity index (χ3v) is 2.33. The van der Waals surface area contributed by atoms with E-state index in [9.17, 15) is 0 Å². The predicted octanol–water partition coefficient (Wildman–Crippen LogP) is 1.48. The molecule has 0 radical (unpaired) electrons. The van der Waals surface area contributed by atoms with E-state index in [0.717, 1.165) is 12.8 Å². The van der Waals surface area contributed by atoms with E-state index in [1.165, 1.54) is 5.57 Å². The van der Waals surface area contributed by atoms with Gasteiger partial charge >= 0.3 is 0 Å². The highest BCUT2D eigenvalue weighted by Gasteiger charge is 2.64. The number of rotatable bonds is 0. The SMILES string of the molecule is C=C1CC2(C#N)CC12. The fraction of sp³-hybridized carbons (Fsp3) is 0.571. The standard InChI is InChI=1S/C7H7N/c1-5-2-7(4-8)3-6(5)7/h6H,1-3H2. The topological polar surface area (TPSA) is 23.8 Å². The lowest BCUT2D eigenvalue weighted by Gasteiger charge is -2.19. The van der Waals surface area contributed by atoms with Crippen molar-refractivity contribution in [2.75, 3.05) is 0 Å². The molecule has 1 heteroatoms. The number of hydrogen-bond donors (Lipinski definition) is 0. The molecule has 0 spiro atoms. The second kappa shape index (κ2) is 0.842. The fourth-order valence-corrected chi connectivity index (χ4v) is 1.60. The summed E-state index contributed by atoms with van der Waals surface area (Å²) in [5.74, 6) is 0.604. The van der Waals surface area contributed by atoms with Crippen LogP contribution >= 0.6 is 0 Å². The Kier molecular flexibility index (Phi) is 0.436. The molecule has 0 saturated heterocycles.